The SMILES string of the molecule is CCC(C)CC(C)Nc1cc2[nH]ncc2cc1N. The van der Waals surface area contributed by atoms with Gasteiger partial charge in [0.2, 0.25) is 0 Å². The molecule has 98 valence electrons. The van der Waals surface area contributed by atoms with Gasteiger partial charge in [-0.05, 0) is 31.4 Å². The second-order valence-electron chi connectivity index (χ2n) is 5.19. The van der Waals surface area contributed by atoms with Crippen molar-refractivity contribution < 1.29 is 0 Å². The monoisotopic (exact) mass is 246 g/mol. The van der Waals surface area contributed by atoms with Crippen LogP contribution in [0, 0.1) is 5.92 Å². The molecule has 0 aliphatic heterocycles. The number of aromatic amines is 1. The van der Waals surface area contributed by atoms with Crippen LogP contribution in [0.5, 0.6) is 0 Å². The van der Waals surface area contributed by atoms with E-state index in [2.05, 4.69) is 36.3 Å². The minimum atomic E-state index is 0.419. The van der Waals surface area contributed by atoms with Crippen molar-refractivity contribution in [3.63, 3.8) is 0 Å². The molecule has 1 aromatic carbocycles. The summed E-state index contributed by atoms with van der Waals surface area (Å²) in [6.45, 7) is 6.70. The molecular formula is C14H22N4. The van der Waals surface area contributed by atoms with Crippen molar-refractivity contribution in [2.24, 2.45) is 5.92 Å². The first-order chi connectivity index (χ1) is 8.60. The van der Waals surface area contributed by atoms with Gasteiger partial charge in [-0.15, -0.1) is 0 Å². The summed E-state index contributed by atoms with van der Waals surface area (Å²) < 4.78 is 0. The van der Waals surface area contributed by atoms with Gasteiger partial charge in [0.15, 0.2) is 0 Å². The fraction of sp³-hybridized carbons (Fsp3) is 0.500. The van der Waals surface area contributed by atoms with Crippen molar-refractivity contribution in [2.45, 2.75) is 39.7 Å². The first kappa shape index (κ1) is 12.7. The molecule has 0 saturated heterocycles. The van der Waals surface area contributed by atoms with Crippen LogP contribution < -0.4 is 11.1 Å². The van der Waals surface area contributed by atoms with Gasteiger partial charge in [0, 0.05) is 11.4 Å². The first-order valence-electron chi connectivity index (χ1n) is 6.59. The number of benzene rings is 1. The Labute approximate surface area is 108 Å². The van der Waals surface area contributed by atoms with Crippen LogP contribution in [0.2, 0.25) is 0 Å². The van der Waals surface area contributed by atoms with Crippen LogP contribution in [0.4, 0.5) is 11.4 Å². The van der Waals surface area contributed by atoms with Gasteiger partial charge < -0.3 is 11.1 Å². The van der Waals surface area contributed by atoms with E-state index in [-0.39, 0.29) is 0 Å². The summed E-state index contributed by atoms with van der Waals surface area (Å²) in [7, 11) is 0. The van der Waals surface area contributed by atoms with Crippen molar-refractivity contribution in [3.05, 3.63) is 18.3 Å². The highest BCUT2D eigenvalue weighted by Gasteiger charge is 2.10. The van der Waals surface area contributed by atoms with E-state index in [0.717, 1.165) is 34.6 Å². The van der Waals surface area contributed by atoms with E-state index in [1.807, 2.05) is 12.1 Å². The molecule has 0 aliphatic rings. The minimum Gasteiger partial charge on any atom is -0.397 e. The van der Waals surface area contributed by atoms with Gasteiger partial charge in [0.05, 0.1) is 23.1 Å². The highest BCUT2D eigenvalue weighted by atomic mass is 15.1. The standard InChI is InChI=1S/C14H22N4/c1-4-9(2)5-10(3)17-14-7-13-11(6-12(14)15)8-16-18-13/h6-10,17H,4-5,15H2,1-3H3,(H,16,18). The molecule has 0 aliphatic carbocycles. The van der Waals surface area contributed by atoms with Crippen molar-refractivity contribution in [2.75, 3.05) is 11.1 Å². The van der Waals surface area contributed by atoms with Gasteiger partial charge in [0.1, 0.15) is 0 Å². The summed E-state index contributed by atoms with van der Waals surface area (Å²) in [6.07, 6.45) is 4.15. The van der Waals surface area contributed by atoms with Crippen LogP contribution in [0.1, 0.15) is 33.6 Å². The molecule has 2 aromatic rings. The highest BCUT2D eigenvalue weighted by Crippen LogP contribution is 2.26. The molecule has 0 amide bonds. The number of hydrogen-bond acceptors (Lipinski definition) is 3. The molecule has 4 N–H and O–H groups in total. The number of nitrogens with one attached hydrogen (secondary N) is 2. The van der Waals surface area contributed by atoms with Crippen LogP contribution in [-0.4, -0.2) is 16.2 Å². The lowest BCUT2D eigenvalue weighted by Crippen LogP contribution is -2.19. The predicted molar refractivity (Wildman–Crippen MR) is 77.7 cm³/mol. The van der Waals surface area contributed by atoms with Crippen molar-refractivity contribution >= 4 is 22.3 Å². The van der Waals surface area contributed by atoms with E-state index in [1.165, 1.54) is 6.42 Å². The van der Waals surface area contributed by atoms with Crippen LogP contribution >= 0.6 is 0 Å². The Kier molecular flexibility index (Phi) is 3.75. The number of H-pyrrole nitrogens is 1. The fourth-order valence-electron chi connectivity index (χ4n) is 2.23. The fourth-order valence-corrected chi connectivity index (χ4v) is 2.23. The van der Waals surface area contributed by atoms with E-state index >= 15 is 0 Å². The van der Waals surface area contributed by atoms with E-state index < -0.39 is 0 Å². The third kappa shape index (κ3) is 2.75. The number of nitrogens with zero attached hydrogens (tertiary/aromatic N) is 1. The Bertz CT molecular complexity index is 517. The zero-order chi connectivity index (χ0) is 13.1. The average molecular weight is 246 g/mol. The topological polar surface area (TPSA) is 66.7 Å². The molecule has 0 bridgehead atoms. The van der Waals surface area contributed by atoms with E-state index in [0.29, 0.717) is 6.04 Å². The van der Waals surface area contributed by atoms with Gasteiger partial charge in [-0.3, -0.25) is 5.10 Å². The lowest BCUT2D eigenvalue weighted by molar-refractivity contribution is 0.484. The number of rotatable bonds is 5. The zero-order valence-electron chi connectivity index (χ0n) is 11.3. The smallest absolute Gasteiger partial charge is 0.0672 e. The Balaban J connectivity index is 2.12. The summed E-state index contributed by atoms with van der Waals surface area (Å²) in [5, 5.41) is 11.5. The van der Waals surface area contributed by atoms with Crippen LogP contribution in [0.3, 0.4) is 0 Å². The summed E-state index contributed by atoms with van der Waals surface area (Å²) in [5.41, 5.74) is 8.84. The summed E-state index contributed by atoms with van der Waals surface area (Å²) in [6, 6.07) is 4.41. The molecule has 4 heteroatoms. The lowest BCUT2D eigenvalue weighted by atomic mass is 10.00. The third-order valence-corrected chi connectivity index (χ3v) is 3.47. The highest BCUT2D eigenvalue weighted by molar-refractivity contribution is 5.88. The summed E-state index contributed by atoms with van der Waals surface area (Å²) in [5.74, 6) is 0.726. The Morgan fingerprint density at radius 1 is 1.39 bits per heavy atom. The zero-order valence-corrected chi connectivity index (χ0v) is 11.3. The molecule has 2 atom stereocenters. The van der Waals surface area contributed by atoms with Crippen LogP contribution in [0.25, 0.3) is 10.9 Å². The van der Waals surface area contributed by atoms with Gasteiger partial charge >= 0.3 is 0 Å². The maximum absolute atomic E-state index is 6.05. The number of anilines is 2. The third-order valence-electron chi connectivity index (χ3n) is 3.47. The molecule has 2 rings (SSSR count). The van der Waals surface area contributed by atoms with Crippen LogP contribution in [0.15, 0.2) is 18.3 Å². The number of hydrogen-bond donors (Lipinski definition) is 3. The van der Waals surface area contributed by atoms with E-state index in [9.17, 15) is 0 Å². The second kappa shape index (κ2) is 5.29. The van der Waals surface area contributed by atoms with Crippen molar-refractivity contribution in [1.82, 2.24) is 10.2 Å². The van der Waals surface area contributed by atoms with E-state index in [1.54, 1.807) is 6.20 Å². The van der Waals surface area contributed by atoms with E-state index in [4.69, 9.17) is 5.73 Å². The molecule has 0 radical (unpaired) electrons. The molecule has 0 saturated carbocycles. The largest absolute Gasteiger partial charge is 0.397 e. The number of nitrogen functional groups attached to an aromatic ring is 1. The second-order valence-corrected chi connectivity index (χ2v) is 5.19. The quantitative estimate of drug-likeness (QED) is 0.708. The first-order valence-corrected chi connectivity index (χ1v) is 6.59. The maximum Gasteiger partial charge on any atom is 0.0672 e. The number of nitrogens with two attached hydrogens (primary N) is 1. The molecule has 2 unspecified atom stereocenters. The van der Waals surface area contributed by atoms with Crippen molar-refractivity contribution in [3.8, 4) is 0 Å². The van der Waals surface area contributed by atoms with Gasteiger partial charge in [-0.2, -0.15) is 5.10 Å². The van der Waals surface area contributed by atoms with Gasteiger partial charge in [0.25, 0.3) is 0 Å². The molecule has 0 spiro atoms. The molecule has 18 heavy (non-hydrogen) atoms. The minimum absolute atomic E-state index is 0.419. The Morgan fingerprint density at radius 2 is 2.17 bits per heavy atom. The lowest BCUT2D eigenvalue weighted by Gasteiger charge is -2.19. The number of aromatic nitrogens is 2. The Morgan fingerprint density at radius 3 is 2.89 bits per heavy atom. The molecule has 1 heterocycles. The predicted octanol–water partition coefficient (Wildman–Crippen LogP) is 3.38. The molecule has 1 aromatic heterocycles. The van der Waals surface area contributed by atoms with Crippen molar-refractivity contribution in [1.29, 1.82) is 0 Å². The Hall–Kier alpha value is -1.71. The number of fused-ring (bicyclic) bond motifs is 1. The maximum atomic E-state index is 6.05. The van der Waals surface area contributed by atoms with Gasteiger partial charge in [-0.25, -0.2) is 0 Å². The van der Waals surface area contributed by atoms with Gasteiger partial charge in [-0.1, -0.05) is 20.3 Å². The normalized spacial score (nSPS) is 14.6. The molecular weight excluding hydrogens is 224 g/mol. The van der Waals surface area contributed by atoms with Crippen LogP contribution in [-0.2, 0) is 0 Å². The molecule has 0 fully saturated rings. The molecule has 4 nitrogen and oxygen atoms in total. The average Bonchev–Trinajstić information content (AvgIpc) is 2.76. The summed E-state index contributed by atoms with van der Waals surface area (Å²) >= 11 is 0. The summed E-state index contributed by atoms with van der Waals surface area (Å²) in [4.78, 5) is 0.